The first-order chi connectivity index (χ1) is 7.72. The van der Waals surface area contributed by atoms with Crippen molar-refractivity contribution in [1.82, 2.24) is 9.55 Å². The van der Waals surface area contributed by atoms with Crippen LogP contribution in [0.1, 0.15) is 12.1 Å². The van der Waals surface area contributed by atoms with E-state index in [1.807, 2.05) is 29.8 Å². The van der Waals surface area contributed by atoms with Crippen LogP contribution in [0.3, 0.4) is 0 Å². The van der Waals surface area contributed by atoms with Crippen LogP contribution in [-0.2, 0) is 11.3 Å². The number of aryl methyl sites for hydroxylation is 2. The van der Waals surface area contributed by atoms with Gasteiger partial charge in [0.15, 0.2) is 0 Å². The van der Waals surface area contributed by atoms with Crippen molar-refractivity contribution < 1.29 is 4.74 Å². The lowest BCUT2D eigenvalue weighted by atomic mass is 10.3. The highest BCUT2D eigenvalue weighted by atomic mass is 16.5. The molecule has 0 amide bonds. The Kier molecular flexibility index (Phi) is 3.10. The third-order valence-electron chi connectivity index (χ3n) is 2.64. The van der Waals surface area contributed by atoms with Crippen molar-refractivity contribution in [3.05, 3.63) is 34.4 Å². The fourth-order valence-corrected chi connectivity index (χ4v) is 1.94. The predicted octanol–water partition coefficient (Wildman–Crippen LogP) is 1.67. The van der Waals surface area contributed by atoms with E-state index in [4.69, 9.17) is 4.74 Å². The Morgan fingerprint density at radius 3 is 3.06 bits per heavy atom. The Bertz CT molecular complexity index is 539. The second-order valence-electron chi connectivity index (χ2n) is 3.94. The maximum atomic E-state index is 11.8. The van der Waals surface area contributed by atoms with Crippen molar-refractivity contribution in [3.8, 4) is 0 Å². The predicted molar refractivity (Wildman–Crippen MR) is 63.8 cm³/mol. The van der Waals surface area contributed by atoms with Gasteiger partial charge in [0.05, 0.1) is 0 Å². The Morgan fingerprint density at radius 2 is 2.31 bits per heavy atom. The molecular formula is C12H16N2O2. The third-order valence-corrected chi connectivity index (χ3v) is 2.64. The summed E-state index contributed by atoms with van der Waals surface area (Å²) in [7, 11) is 1.68. The quantitative estimate of drug-likeness (QED) is 0.797. The summed E-state index contributed by atoms with van der Waals surface area (Å²) >= 11 is 0. The summed E-state index contributed by atoms with van der Waals surface area (Å²) in [5.74, 6) is 0. The smallest absolute Gasteiger partial charge is 0.272 e. The second-order valence-corrected chi connectivity index (χ2v) is 3.94. The van der Waals surface area contributed by atoms with Gasteiger partial charge < -0.3 is 14.3 Å². The van der Waals surface area contributed by atoms with Crippen molar-refractivity contribution in [1.29, 1.82) is 0 Å². The average molecular weight is 220 g/mol. The van der Waals surface area contributed by atoms with Gasteiger partial charge in [-0.2, -0.15) is 0 Å². The van der Waals surface area contributed by atoms with Crippen molar-refractivity contribution >= 4 is 10.9 Å². The topological polar surface area (TPSA) is 47.0 Å². The summed E-state index contributed by atoms with van der Waals surface area (Å²) in [6.07, 6.45) is 2.86. The van der Waals surface area contributed by atoms with Gasteiger partial charge in [-0.15, -0.1) is 0 Å². The molecule has 0 bridgehead atoms. The number of pyridine rings is 1. The van der Waals surface area contributed by atoms with E-state index in [-0.39, 0.29) is 5.56 Å². The lowest BCUT2D eigenvalue weighted by Gasteiger charge is -2.04. The number of H-pyrrole nitrogens is 1. The van der Waals surface area contributed by atoms with Crippen LogP contribution in [0, 0.1) is 6.92 Å². The number of rotatable bonds is 4. The zero-order valence-electron chi connectivity index (χ0n) is 9.62. The van der Waals surface area contributed by atoms with Crippen LogP contribution in [-0.4, -0.2) is 23.3 Å². The van der Waals surface area contributed by atoms with Gasteiger partial charge >= 0.3 is 0 Å². The van der Waals surface area contributed by atoms with Gasteiger partial charge in [0.1, 0.15) is 5.52 Å². The van der Waals surface area contributed by atoms with Gasteiger partial charge in [-0.1, -0.05) is 0 Å². The van der Waals surface area contributed by atoms with E-state index in [1.54, 1.807) is 7.11 Å². The molecule has 0 saturated carbocycles. The molecule has 0 aromatic carbocycles. The zero-order chi connectivity index (χ0) is 11.5. The summed E-state index contributed by atoms with van der Waals surface area (Å²) in [5.41, 5.74) is 1.63. The van der Waals surface area contributed by atoms with Crippen molar-refractivity contribution in [3.63, 3.8) is 0 Å². The van der Waals surface area contributed by atoms with Crippen LogP contribution < -0.4 is 5.56 Å². The van der Waals surface area contributed by atoms with E-state index in [0.717, 1.165) is 29.6 Å². The first-order valence-corrected chi connectivity index (χ1v) is 5.40. The molecule has 0 radical (unpaired) electrons. The SMILES string of the molecule is COCCCn1ccc2cc(C)[nH]c(=O)c21. The molecule has 0 aliphatic rings. The van der Waals surface area contributed by atoms with E-state index in [1.165, 1.54) is 0 Å². The fraction of sp³-hybridized carbons (Fsp3) is 0.417. The van der Waals surface area contributed by atoms with Crippen LogP contribution >= 0.6 is 0 Å². The average Bonchev–Trinajstić information content (AvgIpc) is 2.62. The first-order valence-electron chi connectivity index (χ1n) is 5.40. The summed E-state index contributed by atoms with van der Waals surface area (Å²) in [4.78, 5) is 14.6. The minimum atomic E-state index is -0.0163. The fourth-order valence-electron chi connectivity index (χ4n) is 1.94. The van der Waals surface area contributed by atoms with Crippen LogP contribution in [0.25, 0.3) is 10.9 Å². The molecule has 0 saturated heterocycles. The molecule has 1 N–H and O–H groups in total. The number of nitrogens with one attached hydrogen (secondary N) is 1. The molecule has 2 aromatic heterocycles. The zero-order valence-corrected chi connectivity index (χ0v) is 9.62. The summed E-state index contributed by atoms with van der Waals surface area (Å²) in [6.45, 7) is 3.41. The maximum absolute atomic E-state index is 11.8. The molecule has 4 nitrogen and oxygen atoms in total. The van der Waals surface area contributed by atoms with Gasteiger partial charge in [-0.05, 0) is 25.5 Å². The van der Waals surface area contributed by atoms with E-state index in [2.05, 4.69) is 4.98 Å². The Hall–Kier alpha value is -1.55. The lowest BCUT2D eigenvalue weighted by Crippen LogP contribution is -2.12. The number of methoxy groups -OCH3 is 1. The molecule has 0 aliphatic carbocycles. The Labute approximate surface area is 93.9 Å². The van der Waals surface area contributed by atoms with Gasteiger partial charge in [-0.25, -0.2) is 0 Å². The molecule has 0 aliphatic heterocycles. The first kappa shape index (κ1) is 11.0. The van der Waals surface area contributed by atoms with Gasteiger partial charge in [0, 0.05) is 37.5 Å². The monoisotopic (exact) mass is 220 g/mol. The number of hydrogen-bond donors (Lipinski definition) is 1. The molecule has 2 rings (SSSR count). The van der Waals surface area contributed by atoms with E-state index >= 15 is 0 Å². The summed E-state index contributed by atoms with van der Waals surface area (Å²) in [6, 6.07) is 3.97. The largest absolute Gasteiger partial charge is 0.385 e. The minimum absolute atomic E-state index is 0.0163. The summed E-state index contributed by atoms with van der Waals surface area (Å²) in [5, 5.41) is 0.999. The van der Waals surface area contributed by atoms with Crippen molar-refractivity contribution in [2.75, 3.05) is 13.7 Å². The molecule has 0 spiro atoms. The molecule has 86 valence electrons. The van der Waals surface area contributed by atoms with Crippen LogP contribution in [0.2, 0.25) is 0 Å². The van der Waals surface area contributed by atoms with Crippen molar-refractivity contribution in [2.24, 2.45) is 0 Å². The number of hydrogen-bond acceptors (Lipinski definition) is 2. The highest BCUT2D eigenvalue weighted by Crippen LogP contribution is 2.12. The molecular weight excluding hydrogens is 204 g/mol. The molecule has 0 fully saturated rings. The Morgan fingerprint density at radius 1 is 1.50 bits per heavy atom. The number of fused-ring (bicyclic) bond motifs is 1. The summed E-state index contributed by atoms with van der Waals surface area (Å²) < 4.78 is 6.98. The molecule has 16 heavy (non-hydrogen) atoms. The van der Waals surface area contributed by atoms with Gasteiger partial charge in [0.2, 0.25) is 0 Å². The molecule has 2 heterocycles. The van der Waals surface area contributed by atoms with Gasteiger partial charge in [-0.3, -0.25) is 4.79 Å². The standard InChI is InChI=1S/C12H16N2O2/c1-9-8-10-4-6-14(5-3-7-16-2)11(10)12(15)13-9/h4,6,8H,3,5,7H2,1-2H3,(H,13,15). The number of nitrogens with zero attached hydrogens (tertiary/aromatic N) is 1. The van der Waals surface area contributed by atoms with Crippen LogP contribution in [0.15, 0.2) is 23.1 Å². The van der Waals surface area contributed by atoms with E-state index < -0.39 is 0 Å². The van der Waals surface area contributed by atoms with Gasteiger partial charge in [0.25, 0.3) is 5.56 Å². The van der Waals surface area contributed by atoms with Crippen molar-refractivity contribution in [2.45, 2.75) is 19.9 Å². The lowest BCUT2D eigenvalue weighted by molar-refractivity contribution is 0.190. The molecule has 4 heteroatoms. The highest BCUT2D eigenvalue weighted by Gasteiger charge is 2.05. The maximum Gasteiger partial charge on any atom is 0.272 e. The molecule has 0 unspecified atom stereocenters. The second kappa shape index (κ2) is 4.53. The molecule has 2 aromatic rings. The van der Waals surface area contributed by atoms with Crippen LogP contribution in [0.4, 0.5) is 0 Å². The third kappa shape index (κ3) is 2.02. The number of aromatic nitrogens is 2. The molecule has 0 atom stereocenters. The Balaban J connectivity index is 2.37. The number of aromatic amines is 1. The highest BCUT2D eigenvalue weighted by molar-refractivity contribution is 5.79. The van der Waals surface area contributed by atoms with E-state index in [0.29, 0.717) is 6.61 Å². The normalized spacial score (nSPS) is 11.1. The minimum Gasteiger partial charge on any atom is -0.385 e. The van der Waals surface area contributed by atoms with E-state index in [9.17, 15) is 4.79 Å². The van der Waals surface area contributed by atoms with Crippen LogP contribution in [0.5, 0.6) is 0 Å². The number of ether oxygens (including phenoxy) is 1.